The molecule has 3 rings (SSSR count). The summed E-state index contributed by atoms with van der Waals surface area (Å²) in [5.74, 6) is -2.42. The fraction of sp³-hybridized carbons (Fsp3) is 0.0556. The Kier molecular flexibility index (Phi) is 5.13. The molecule has 9 heteroatoms. The number of anilines is 1. The zero-order chi connectivity index (χ0) is 19.7. The summed E-state index contributed by atoms with van der Waals surface area (Å²) < 4.78 is 18.9. The number of rotatable bonds is 3. The number of benzene rings is 2. The summed E-state index contributed by atoms with van der Waals surface area (Å²) in [6.07, 6.45) is 1.17. The van der Waals surface area contributed by atoms with Gasteiger partial charge in [-0.25, -0.2) is 14.1 Å². The third-order valence-electron chi connectivity index (χ3n) is 3.78. The van der Waals surface area contributed by atoms with Gasteiger partial charge in [-0.05, 0) is 65.1 Å². The maximum atomic E-state index is 13.1. The first-order valence-corrected chi connectivity index (χ1v) is 8.63. The van der Waals surface area contributed by atoms with E-state index in [2.05, 4.69) is 5.32 Å². The second-order valence-electron chi connectivity index (χ2n) is 5.48. The molecule has 1 aliphatic heterocycles. The third kappa shape index (κ3) is 3.63. The summed E-state index contributed by atoms with van der Waals surface area (Å²) in [6.45, 7) is 0. The van der Waals surface area contributed by atoms with Crippen molar-refractivity contribution in [2.24, 2.45) is 0 Å². The first-order chi connectivity index (χ1) is 12.8. The average molecular weight is 482 g/mol. The molecule has 0 aliphatic carbocycles. The van der Waals surface area contributed by atoms with Crippen molar-refractivity contribution >= 4 is 52.2 Å². The normalized spacial score (nSPS) is 15.9. The molecule has 2 aromatic rings. The Hall–Kier alpha value is -2.95. The van der Waals surface area contributed by atoms with E-state index in [1.807, 2.05) is 22.6 Å². The van der Waals surface area contributed by atoms with Crippen LogP contribution in [0.15, 0.2) is 42.0 Å². The SMILES string of the molecule is COc1cc(I)cc(/C=C2\C(=O)NC(=O)N(c3ccc(F)cc3)C2=O)c1O. The first-order valence-electron chi connectivity index (χ1n) is 7.55. The van der Waals surface area contributed by atoms with Crippen molar-refractivity contribution in [2.75, 3.05) is 12.0 Å². The van der Waals surface area contributed by atoms with Gasteiger partial charge in [0.1, 0.15) is 11.4 Å². The van der Waals surface area contributed by atoms with Gasteiger partial charge in [-0.2, -0.15) is 0 Å². The van der Waals surface area contributed by atoms with Gasteiger partial charge in [-0.3, -0.25) is 14.9 Å². The second-order valence-corrected chi connectivity index (χ2v) is 6.73. The van der Waals surface area contributed by atoms with Gasteiger partial charge in [0.2, 0.25) is 0 Å². The van der Waals surface area contributed by atoms with Crippen LogP contribution in [0, 0.1) is 9.39 Å². The van der Waals surface area contributed by atoms with Crippen LogP contribution in [-0.4, -0.2) is 30.1 Å². The van der Waals surface area contributed by atoms with Gasteiger partial charge in [0.05, 0.1) is 12.8 Å². The Morgan fingerprint density at radius 3 is 2.48 bits per heavy atom. The van der Waals surface area contributed by atoms with E-state index < -0.39 is 23.7 Å². The van der Waals surface area contributed by atoms with E-state index in [0.29, 0.717) is 3.57 Å². The summed E-state index contributed by atoms with van der Waals surface area (Å²) in [5, 5.41) is 12.3. The lowest BCUT2D eigenvalue weighted by Gasteiger charge is -2.26. The molecule has 0 unspecified atom stereocenters. The van der Waals surface area contributed by atoms with E-state index in [1.54, 1.807) is 12.1 Å². The van der Waals surface area contributed by atoms with Crippen LogP contribution in [-0.2, 0) is 9.59 Å². The van der Waals surface area contributed by atoms with Gasteiger partial charge < -0.3 is 9.84 Å². The number of hydrogen-bond acceptors (Lipinski definition) is 5. The van der Waals surface area contributed by atoms with Gasteiger partial charge in [0, 0.05) is 9.13 Å². The summed E-state index contributed by atoms with van der Waals surface area (Å²) in [6, 6.07) is 6.84. The molecule has 0 atom stereocenters. The molecule has 1 heterocycles. The number of aromatic hydroxyl groups is 1. The number of hydrogen-bond donors (Lipinski definition) is 2. The minimum Gasteiger partial charge on any atom is -0.504 e. The Morgan fingerprint density at radius 1 is 1.19 bits per heavy atom. The van der Waals surface area contributed by atoms with E-state index in [9.17, 15) is 23.9 Å². The molecular weight excluding hydrogens is 470 g/mol. The van der Waals surface area contributed by atoms with Crippen LogP contribution in [0.1, 0.15) is 5.56 Å². The second kappa shape index (κ2) is 7.35. The number of urea groups is 1. The number of halogens is 2. The van der Waals surface area contributed by atoms with Crippen LogP contribution in [0.3, 0.4) is 0 Å². The van der Waals surface area contributed by atoms with Crippen molar-refractivity contribution in [1.29, 1.82) is 0 Å². The summed E-state index contributed by atoms with van der Waals surface area (Å²) >= 11 is 1.99. The molecule has 1 saturated heterocycles. The highest BCUT2D eigenvalue weighted by molar-refractivity contribution is 14.1. The molecule has 1 fully saturated rings. The van der Waals surface area contributed by atoms with Gasteiger partial charge in [0.25, 0.3) is 11.8 Å². The number of phenolic OH excluding ortho intramolecular Hbond substituents is 1. The molecule has 0 saturated carbocycles. The highest BCUT2D eigenvalue weighted by Crippen LogP contribution is 2.34. The zero-order valence-corrected chi connectivity index (χ0v) is 16.0. The van der Waals surface area contributed by atoms with E-state index in [4.69, 9.17) is 4.74 Å². The number of nitrogens with zero attached hydrogens (tertiary/aromatic N) is 1. The monoisotopic (exact) mass is 482 g/mol. The molecule has 27 heavy (non-hydrogen) atoms. The predicted octanol–water partition coefficient (Wildman–Crippen LogP) is 2.81. The van der Waals surface area contributed by atoms with Crippen LogP contribution >= 0.6 is 22.6 Å². The number of amides is 4. The lowest BCUT2D eigenvalue weighted by atomic mass is 10.1. The Morgan fingerprint density at radius 2 is 1.85 bits per heavy atom. The number of carbonyl (C=O) groups is 3. The molecule has 1 aliphatic rings. The fourth-order valence-electron chi connectivity index (χ4n) is 2.50. The molecule has 0 aromatic heterocycles. The topological polar surface area (TPSA) is 95.9 Å². The van der Waals surface area contributed by atoms with E-state index >= 15 is 0 Å². The number of methoxy groups -OCH3 is 1. The fourth-order valence-corrected chi connectivity index (χ4v) is 3.12. The van der Waals surface area contributed by atoms with Crippen molar-refractivity contribution in [1.82, 2.24) is 5.32 Å². The van der Waals surface area contributed by atoms with Gasteiger partial charge in [-0.1, -0.05) is 0 Å². The van der Waals surface area contributed by atoms with E-state index in [0.717, 1.165) is 17.0 Å². The highest BCUT2D eigenvalue weighted by atomic mass is 127. The van der Waals surface area contributed by atoms with E-state index in [1.165, 1.54) is 25.3 Å². The maximum Gasteiger partial charge on any atom is 0.335 e. The first kappa shape index (κ1) is 18.8. The van der Waals surface area contributed by atoms with Gasteiger partial charge in [-0.15, -0.1) is 0 Å². The lowest BCUT2D eigenvalue weighted by molar-refractivity contribution is -0.122. The van der Waals surface area contributed by atoms with Gasteiger partial charge >= 0.3 is 6.03 Å². The number of imide groups is 2. The Balaban J connectivity index is 2.07. The van der Waals surface area contributed by atoms with Crippen LogP contribution in [0.25, 0.3) is 6.08 Å². The summed E-state index contributed by atoms with van der Waals surface area (Å²) in [5.41, 5.74) is -0.0920. The molecule has 138 valence electrons. The predicted molar refractivity (Wildman–Crippen MR) is 103 cm³/mol. The molecular formula is C18H12FIN2O5. The summed E-state index contributed by atoms with van der Waals surface area (Å²) in [4.78, 5) is 37.8. The van der Waals surface area contributed by atoms with Crippen molar-refractivity contribution in [3.63, 3.8) is 0 Å². The molecule has 2 aromatic carbocycles. The highest BCUT2D eigenvalue weighted by Gasteiger charge is 2.37. The number of nitrogens with one attached hydrogen (secondary N) is 1. The molecule has 0 spiro atoms. The van der Waals surface area contributed by atoms with Gasteiger partial charge in [0.15, 0.2) is 11.5 Å². The largest absolute Gasteiger partial charge is 0.504 e. The van der Waals surface area contributed by atoms with Crippen molar-refractivity contribution < 1.29 is 28.6 Å². The van der Waals surface area contributed by atoms with Crippen molar-refractivity contribution in [3.05, 3.63) is 56.9 Å². The minimum absolute atomic E-state index is 0.0988. The smallest absolute Gasteiger partial charge is 0.335 e. The minimum atomic E-state index is -0.946. The third-order valence-corrected chi connectivity index (χ3v) is 4.40. The average Bonchev–Trinajstić information content (AvgIpc) is 2.62. The van der Waals surface area contributed by atoms with Crippen LogP contribution in [0.2, 0.25) is 0 Å². The number of ether oxygens (including phenoxy) is 1. The zero-order valence-electron chi connectivity index (χ0n) is 13.8. The lowest BCUT2D eigenvalue weighted by Crippen LogP contribution is -2.54. The van der Waals surface area contributed by atoms with Crippen LogP contribution < -0.4 is 15.0 Å². The molecule has 7 nitrogen and oxygen atoms in total. The quantitative estimate of drug-likeness (QED) is 0.399. The Bertz CT molecular complexity index is 988. The number of carbonyl (C=O) groups excluding carboxylic acids is 3. The van der Waals surface area contributed by atoms with E-state index in [-0.39, 0.29) is 28.3 Å². The maximum absolute atomic E-state index is 13.1. The van der Waals surface area contributed by atoms with Crippen molar-refractivity contribution in [3.8, 4) is 11.5 Å². The molecule has 2 N–H and O–H groups in total. The number of barbiturate groups is 1. The van der Waals surface area contributed by atoms with Crippen LogP contribution in [0.5, 0.6) is 11.5 Å². The molecule has 4 amide bonds. The Labute approximate surface area is 166 Å². The standard InChI is InChI=1S/C18H12FIN2O5/c1-27-14-8-11(20)6-9(15(14)23)7-13-16(24)21-18(26)22(17(13)25)12-4-2-10(19)3-5-12/h2-8,23H,1H3,(H,21,24,26)/b13-7+. The molecule has 0 bridgehead atoms. The molecule has 0 radical (unpaired) electrons. The van der Waals surface area contributed by atoms with Crippen LogP contribution in [0.4, 0.5) is 14.9 Å². The summed E-state index contributed by atoms with van der Waals surface area (Å²) in [7, 11) is 1.37. The van der Waals surface area contributed by atoms with Crippen molar-refractivity contribution in [2.45, 2.75) is 0 Å². The number of phenols is 1.